The Labute approximate surface area is 140 Å². The van der Waals surface area contributed by atoms with Crippen LogP contribution in [0.4, 0.5) is 0 Å². The summed E-state index contributed by atoms with van der Waals surface area (Å²) in [5.41, 5.74) is 1.18. The van der Waals surface area contributed by atoms with E-state index in [9.17, 15) is 14.7 Å². The zero-order valence-electron chi connectivity index (χ0n) is 14.1. The van der Waals surface area contributed by atoms with Crippen molar-refractivity contribution in [2.24, 2.45) is 0 Å². The molecular weight excluding hydrogens is 308 g/mol. The van der Waals surface area contributed by atoms with E-state index in [1.807, 2.05) is 18.4 Å². The van der Waals surface area contributed by atoms with Crippen LogP contribution in [0.2, 0.25) is 0 Å². The SMILES string of the molecule is CCCn1c(C)cc(=O)c(O)c1CNC(=O)c1cccc(OC)c1. The van der Waals surface area contributed by atoms with E-state index < -0.39 is 5.43 Å². The van der Waals surface area contributed by atoms with Gasteiger partial charge < -0.3 is 19.7 Å². The van der Waals surface area contributed by atoms with E-state index in [-0.39, 0.29) is 18.2 Å². The number of amides is 1. The van der Waals surface area contributed by atoms with E-state index in [2.05, 4.69) is 5.32 Å². The van der Waals surface area contributed by atoms with Gasteiger partial charge >= 0.3 is 0 Å². The molecule has 0 fully saturated rings. The third kappa shape index (κ3) is 3.76. The molecule has 0 saturated carbocycles. The zero-order valence-corrected chi connectivity index (χ0v) is 14.1. The molecule has 0 spiro atoms. The van der Waals surface area contributed by atoms with Gasteiger partial charge in [0.15, 0.2) is 5.75 Å². The molecule has 0 aliphatic carbocycles. The fourth-order valence-electron chi connectivity index (χ4n) is 2.56. The lowest BCUT2D eigenvalue weighted by atomic mass is 10.2. The number of carbonyl (C=O) groups is 1. The van der Waals surface area contributed by atoms with Crippen LogP contribution in [-0.4, -0.2) is 22.7 Å². The van der Waals surface area contributed by atoms with Crippen LogP contribution in [0.1, 0.15) is 35.1 Å². The third-order valence-electron chi connectivity index (χ3n) is 3.79. The van der Waals surface area contributed by atoms with Crippen molar-refractivity contribution in [2.75, 3.05) is 7.11 Å². The van der Waals surface area contributed by atoms with E-state index >= 15 is 0 Å². The van der Waals surface area contributed by atoms with E-state index in [1.54, 1.807) is 24.3 Å². The van der Waals surface area contributed by atoms with Crippen LogP contribution in [0.5, 0.6) is 11.5 Å². The number of methoxy groups -OCH3 is 1. The normalized spacial score (nSPS) is 10.5. The van der Waals surface area contributed by atoms with Crippen molar-refractivity contribution < 1.29 is 14.6 Å². The number of ether oxygens (including phenoxy) is 1. The van der Waals surface area contributed by atoms with E-state index in [1.165, 1.54) is 13.2 Å². The number of aryl methyl sites for hydroxylation is 1. The van der Waals surface area contributed by atoms with Crippen LogP contribution < -0.4 is 15.5 Å². The number of carbonyl (C=O) groups excluding carboxylic acids is 1. The summed E-state index contributed by atoms with van der Waals surface area (Å²) in [7, 11) is 1.53. The highest BCUT2D eigenvalue weighted by atomic mass is 16.5. The largest absolute Gasteiger partial charge is 0.503 e. The minimum absolute atomic E-state index is 0.0683. The lowest BCUT2D eigenvalue weighted by Crippen LogP contribution is -2.27. The summed E-state index contributed by atoms with van der Waals surface area (Å²) in [6, 6.07) is 8.18. The molecule has 0 bridgehead atoms. The highest BCUT2D eigenvalue weighted by molar-refractivity contribution is 5.94. The molecular formula is C18H22N2O4. The third-order valence-corrected chi connectivity index (χ3v) is 3.79. The maximum atomic E-state index is 12.3. The maximum absolute atomic E-state index is 12.3. The molecule has 0 atom stereocenters. The number of aromatic hydroxyl groups is 1. The Hall–Kier alpha value is -2.76. The molecule has 24 heavy (non-hydrogen) atoms. The summed E-state index contributed by atoms with van der Waals surface area (Å²) in [6.45, 7) is 4.54. The van der Waals surface area contributed by atoms with Crippen LogP contribution in [0, 0.1) is 6.92 Å². The smallest absolute Gasteiger partial charge is 0.251 e. The number of pyridine rings is 1. The van der Waals surface area contributed by atoms with Crippen molar-refractivity contribution >= 4 is 5.91 Å². The van der Waals surface area contributed by atoms with Gasteiger partial charge in [0.05, 0.1) is 19.3 Å². The van der Waals surface area contributed by atoms with Crippen LogP contribution in [0.15, 0.2) is 35.1 Å². The number of benzene rings is 1. The second-order valence-corrected chi connectivity index (χ2v) is 5.51. The molecule has 1 aromatic heterocycles. The van der Waals surface area contributed by atoms with Gasteiger partial charge in [-0.25, -0.2) is 0 Å². The standard InChI is InChI=1S/C18H22N2O4/c1-4-8-20-12(2)9-16(21)17(22)15(20)11-19-18(23)13-6-5-7-14(10-13)24-3/h5-7,9-10,22H,4,8,11H2,1-3H3,(H,19,23). The molecule has 2 N–H and O–H groups in total. The van der Waals surface area contributed by atoms with E-state index in [0.717, 1.165) is 12.1 Å². The van der Waals surface area contributed by atoms with Gasteiger partial charge in [0.2, 0.25) is 5.43 Å². The molecule has 6 heteroatoms. The van der Waals surface area contributed by atoms with Gasteiger partial charge in [0.1, 0.15) is 5.75 Å². The molecule has 2 rings (SSSR count). The molecule has 0 unspecified atom stereocenters. The molecule has 2 aromatic rings. The first-order valence-electron chi connectivity index (χ1n) is 7.82. The molecule has 0 aliphatic heterocycles. The summed E-state index contributed by atoms with van der Waals surface area (Å²) in [5.74, 6) is -0.0331. The number of hydrogen-bond donors (Lipinski definition) is 2. The minimum Gasteiger partial charge on any atom is -0.503 e. The quantitative estimate of drug-likeness (QED) is 0.851. The molecule has 0 aliphatic rings. The van der Waals surface area contributed by atoms with Gasteiger partial charge in [-0.3, -0.25) is 9.59 Å². The first-order valence-corrected chi connectivity index (χ1v) is 7.82. The van der Waals surface area contributed by atoms with Crippen molar-refractivity contribution in [1.29, 1.82) is 0 Å². The zero-order chi connectivity index (χ0) is 17.7. The number of nitrogens with zero attached hydrogens (tertiary/aromatic N) is 1. The van der Waals surface area contributed by atoms with Crippen molar-refractivity contribution in [3.05, 3.63) is 57.5 Å². The summed E-state index contributed by atoms with van der Waals surface area (Å²) < 4.78 is 6.95. The Kier molecular flexibility index (Phi) is 5.63. The van der Waals surface area contributed by atoms with Crippen molar-refractivity contribution in [3.8, 4) is 11.5 Å². The van der Waals surface area contributed by atoms with Gasteiger partial charge in [0.25, 0.3) is 5.91 Å². The number of aromatic nitrogens is 1. The van der Waals surface area contributed by atoms with E-state index in [4.69, 9.17) is 4.74 Å². The molecule has 1 amide bonds. The Morgan fingerprint density at radius 1 is 1.33 bits per heavy atom. The Bertz CT molecular complexity index is 796. The van der Waals surface area contributed by atoms with Gasteiger partial charge in [0, 0.05) is 23.9 Å². The van der Waals surface area contributed by atoms with Crippen LogP contribution in [0.3, 0.4) is 0 Å². The summed E-state index contributed by atoms with van der Waals surface area (Å²) >= 11 is 0. The average molecular weight is 330 g/mol. The first kappa shape index (κ1) is 17.6. The topological polar surface area (TPSA) is 80.6 Å². The Balaban J connectivity index is 2.25. The minimum atomic E-state index is -0.439. The van der Waals surface area contributed by atoms with E-state index in [0.29, 0.717) is 23.6 Å². The maximum Gasteiger partial charge on any atom is 0.251 e. The molecule has 1 heterocycles. The Morgan fingerprint density at radius 2 is 2.08 bits per heavy atom. The molecule has 0 saturated heterocycles. The van der Waals surface area contributed by atoms with Gasteiger partial charge in [-0.2, -0.15) is 0 Å². The highest BCUT2D eigenvalue weighted by Gasteiger charge is 2.14. The lowest BCUT2D eigenvalue weighted by Gasteiger charge is -2.18. The first-order chi connectivity index (χ1) is 11.5. The number of nitrogens with one attached hydrogen (secondary N) is 1. The van der Waals surface area contributed by atoms with Crippen molar-refractivity contribution in [3.63, 3.8) is 0 Å². The predicted molar refractivity (Wildman–Crippen MR) is 91.6 cm³/mol. The summed E-state index contributed by atoms with van der Waals surface area (Å²) in [5, 5.41) is 12.8. The number of hydrogen-bond acceptors (Lipinski definition) is 4. The molecule has 1 aromatic carbocycles. The highest BCUT2D eigenvalue weighted by Crippen LogP contribution is 2.16. The average Bonchev–Trinajstić information content (AvgIpc) is 2.59. The number of rotatable bonds is 6. The van der Waals surface area contributed by atoms with Crippen LogP contribution in [-0.2, 0) is 13.1 Å². The second kappa shape index (κ2) is 7.68. The predicted octanol–water partition coefficient (Wildman–Crippen LogP) is 2.21. The summed E-state index contributed by atoms with van der Waals surface area (Å²) in [6.07, 6.45) is 0.847. The Morgan fingerprint density at radius 3 is 2.75 bits per heavy atom. The van der Waals surface area contributed by atoms with Gasteiger partial charge in [-0.1, -0.05) is 13.0 Å². The van der Waals surface area contributed by atoms with Crippen molar-refractivity contribution in [2.45, 2.75) is 33.4 Å². The monoisotopic (exact) mass is 330 g/mol. The van der Waals surface area contributed by atoms with Gasteiger partial charge in [-0.05, 0) is 31.5 Å². The van der Waals surface area contributed by atoms with Crippen LogP contribution in [0.25, 0.3) is 0 Å². The molecule has 0 radical (unpaired) electrons. The van der Waals surface area contributed by atoms with Crippen molar-refractivity contribution in [1.82, 2.24) is 9.88 Å². The second-order valence-electron chi connectivity index (χ2n) is 5.51. The molecule has 6 nitrogen and oxygen atoms in total. The fraction of sp³-hybridized carbons (Fsp3) is 0.333. The lowest BCUT2D eigenvalue weighted by molar-refractivity contribution is 0.0949. The molecule has 128 valence electrons. The fourth-order valence-corrected chi connectivity index (χ4v) is 2.56. The van der Waals surface area contributed by atoms with Crippen LogP contribution >= 0.6 is 0 Å². The summed E-state index contributed by atoms with van der Waals surface area (Å²) in [4.78, 5) is 24.1. The van der Waals surface area contributed by atoms with Gasteiger partial charge in [-0.15, -0.1) is 0 Å².